The molecule has 0 bridgehead atoms. The first-order valence-corrected chi connectivity index (χ1v) is 5.75. The molecule has 0 unspecified atom stereocenters. The van der Waals surface area contributed by atoms with Crippen molar-refractivity contribution in [1.82, 2.24) is 0 Å². The average molecular weight is 224 g/mol. The molecule has 1 aromatic carbocycles. The number of aliphatic hydroxyl groups excluding tert-OH is 2. The van der Waals surface area contributed by atoms with Crippen LogP contribution in [0.2, 0.25) is 0 Å². The van der Waals surface area contributed by atoms with Gasteiger partial charge in [0.15, 0.2) is 0 Å². The Labute approximate surface area is 96.7 Å². The summed E-state index contributed by atoms with van der Waals surface area (Å²) in [6, 6.07) is 7.50. The van der Waals surface area contributed by atoms with Crippen LogP contribution in [-0.4, -0.2) is 23.4 Å². The second-order valence-corrected chi connectivity index (χ2v) is 3.88. The molecule has 90 valence electrons. The van der Waals surface area contributed by atoms with E-state index in [1.165, 1.54) is 0 Å². The lowest BCUT2D eigenvalue weighted by atomic mass is 10.1. The summed E-state index contributed by atoms with van der Waals surface area (Å²) in [6.45, 7) is 2.64. The van der Waals surface area contributed by atoms with Crippen LogP contribution >= 0.6 is 0 Å². The number of aliphatic hydroxyl groups is 2. The number of hydrogen-bond acceptors (Lipinski definition) is 3. The minimum absolute atomic E-state index is 0.248. The summed E-state index contributed by atoms with van der Waals surface area (Å²) >= 11 is 0. The van der Waals surface area contributed by atoms with Crippen LogP contribution in [-0.2, 0) is 0 Å². The van der Waals surface area contributed by atoms with Gasteiger partial charge in [-0.2, -0.15) is 0 Å². The Bertz CT molecular complexity index is 297. The Kier molecular flexibility index (Phi) is 5.90. The van der Waals surface area contributed by atoms with E-state index < -0.39 is 6.10 Å². The molecule has 0 amide bonds. The summed E-state index contributed by atoms with van der Waals surface area (Å²) in [5.74, 6) is 0.794. The molecular weight excluding hydrogens is 204 g/mol. The van der Waals surface area contributed by atoms with E-state index in [1.807, 2.05) is 24.3 Å². The Hall–Kier alpha value is -1.06. The average Bonchev–Trinajstić information content (AvgIpc) is 2.29. The fourth-order valence-corrected chi connectivity index (χ4v) is 1.44. The third-order valence-corrected chi connectivity index (χ3v) is 2.41. The standard InChI is InChI=1S/C13H20O3/c1-11(15)12-6-5-7-13(10-12)16-9-4-2-3-8-14/h5-7,10-11,14-15H,2-4,8-9H2,1H3/t11-/m1/s1. The highest BCUT2D eigenvalue weighted by molar-refractivity contribution is 5.29. The molecule has 0 aliphatic carbocycles. The third-order valence-electron chi connectivity index (χ3n) is 2.41. The van der Waals surface area contributed by atoms with E-state index in [2.05, 4.69) is 0 Å². The SMILES string of the molecule is C[C@@H](O)c1cccc(OCCCCCO)c1. The number of benzene rings is 1. The van der Waals surface area contributed by atoms with Crippen LogP contribution in [0.1, 0.15) is 37.9 Å². The predicted molar refractivity (Wildman–Crippen MR) is 63.5 cm³/mol. The molecule has 0 spiro atoms. The predicted octanol–water partition coefficient (Wildman–Crippen LogP) is 2.28. The van der Waals surface area contributed by atoms with Gasteiger partial charge in [-0.25, -0.2) is 0 Å². The van der Waals surface area contributed by atoms with Crippen molar-refractivity contribution in [2.75, 3.05) is 13.2 Å². The lowest BCUT2D eigenvalue weighted by Gasteiger charge is -2.09. The Morgan fingerprint density at radius 3 is 2.75 bits per heavy atom. The van der Waals surface area contributed by atoms with Crippen LogP contribution in [0.25, 0.3) is 0 Å². The first-order chi connectivity index (χ1) is 7.74. The molecule has 0 fully saturated rings. The van der Waals surface area contributed by atoms with Gasteiger partial charge in [-0.05, 0) is 43.9 Å². The summed E-state index contributed by atoms with van der Waals surface area (Å²) in [7, 11) is 0. The van der Waals surface area contributed by atoms with Gasteiger partial charge < -0.3 is 14.9 Å². The lowest BCUT2D eigenvalue weighted by Crippen LogP contribution is -1.99. The van der Waals surface area contributed by atoms with E-state index in [0.717, 1.165) is 30.6 Å². The Morgan fingerprint density at radius 1 is 1.25 bits per heavy atom. The molecule has 1 rings (SSSR count). The van der Waals surface area contributed by atoms with Gasteiger partial charge in [0.1, 0.15) is 5.75 Å². The van der Waals surface area contributed by atoms with Crippen molar-refractivity contribution in [2.24, 2.45) is 0 Å². The van der Waals surface area contributed by atoms with E-state index in [9.17, 15) is 5.11 Å². The molecule has 1 aromatic rings. The Morgan fingerprint density at radius 2 is 2.06 bits per heavy atom. The maximum atomic E-state index is 9.41. The third kappa shape index (κ3) is 4.64. The number of unbranched alkanes of at least 4 members (excludes halogenated alkanes) is 2. The smallest absolute Gasteiger partial charge is 0.119 e. The molecule has 0 aromatic heterocycles. The van der Waals surface area contributed by atoms with Crippen molar-refractivity contribution >= 4 is 0 Å². The monoisotopic (exact) mass is 224 g/mol. The van der Waals surface area contributed by atoms with Crippen molar-refractivity contribution in [3.63, 3.8) is 0 Å². The minimum atomic E-state index is -0.460. The topological polar surface area (TPSA) is 49.7 Å². The van der Waals surface area contributed by atoms with Crippen molar-refractivity contribution in [3.05, 3.63) is 29.8 Å². The molecule has 0 saturated heterocycles. The first-order valence-electron chi connectivity index (χ1n) is 5.75. The highest BCUT2D eigenvalue weighted by Gasteiger charge is 2.01. The van der Waals surface area contributed by atoms with E-state index in [4.69, 9.17) is 9.84 Å². The summed E-state index contributed by atoms with van der Waals surface area (Å²) in [5.41, 5.74) is 0.868. The minimum Gasteiger partial charge on any atom is -0.494 e. The summed E-state index contributed by atoms with van der Waals surface area (Å²) < 4.78 is 5.55. The van der Waals surface area contributed by atoms with Crippen LogP contribution < -0.4 is 4.74 Å². The van der Waals surface area contributed by atoms with Crippen LogP contribution in [0.15, 0.2) is 24.3 Å². The molecule has 1 atom stereocenters. The fraction of sp³-hybridized carbons (Fsp3) is 0.538. The van der Waals surface area contributed by atoms with Gasteiger partial charge in [-0.1, -0.05) is 12.1 Å². The summed E-state index contributed by atoms with van der Waals surface area (Å²) in [4.78, 5) is 0. The van der Waals surface area contributed by atoms with E-state index >= 15 is 0 Å². The van der Waals surface area contributed by atoms with Crippen LogP contribution in [0.3, 0.4) is 0 Å². The van der Waals surface area contributed by atoms with Crippen molar-refractivity contribution < 1.29 is 14.9 Å². The molecule has 16 heavy (non-hydrogen) atoms. The van der Waals surface area contributed by atoms with Crippen molar-refractivity contribution in [2.45, 2.75) is 32.3 Å². The van der Waals surface area contributed by atoms with Gasteiger partial charge in [-0.3, -0.25) is 0 Å². The second-order valence-electron chi connectivity index (χ2n) is 3.88. The summed E-state index contributed by atoms with van der Waals surface area (Å²) in [6.07, 6.45) is 2.29. The van der Waals surface area contributed by atoms with Gasteiger partial charge in [0.05, 0.1) is 12.7 Å². The molecule has 0 radical (unpaired) electrons. The fourth-order valence-electron chi connectivity index (χ4n) is 1.44. The zero-order valence-corrected chi connectivity index (χ0v) is 9.72. The van der Waals surface area contributed by atoms with Crippen LogP contribution in [0, 0.1) is 0 Å². The number of rotatable bonds is 7. The molecule has 0 aliphatic heterocycles. The van der Waals surface area contributed by atoms with Crippen molar-refractivity contribution in [3.8, 4) is 5.75 Å². The highest BCUT2D eigenvalue weighted by Crippen LogP contribution is 2.18. The van der Waals surface area contributed by atoms with Crippen LogP contribution in [0.4, 0.5) is 0 Å². The molecule has 3 nitrogen and oxygen atoms in total. The zero-order chi connectivity index (χ0) is 11.8. The normalized spacial score (nSPS) is 12.4. The van der Waals surface area contributed by atoms with Gasteiger partial charge in [0.25, 0.3) is 0 Å². The molecule has 0 saturated carbocycles. The maximum absolute atomic E-state index is 9.41. The van der Waals surface area contributed by atoms with Crippen LogP contribution in [0.5, 0.6) is 5.75 Å². The number of ether oxygens (including phenoxy) is 1. The highest BCUT2D eigenvalue weighted by atomic mass is 16.5. The first kappa shape index (κ1) is 13.0. The molecular formula is C13H20O3. The summed E-state index contributed by atoms with van der Waals surface area (Å²) in [5, 5.41) is 18.0. The second kappa shape index (κ2) is 7.25. The largest absolute Gasteiger partial charge is 0.494 e. The van der Waals surface area contributed by atoms with Gasteiger partial charge in [0.2, 0.25) is 0 Å². The molecule has 2 N–H and O–H groups in total. The zero-order valence-electron chi connectivity index (χ0n) is 9.72. The van der Waals surface area contributed by atoms with Gasteiger partial charge in [0, 0.05) is 6.61 Å². The molecule has 0 heterocycles. The van der Waals surface area contributed by atoms with E-state index in [-0.39, 0.29) is 6.61 Å². The van der Waals surface area contributed by atoms with E-state index in [0.29, 0.717) is 6.61 Å². The number of hydrogen-bond donors (Lipinski definition) is 2. The van der Waals surface area contributed by atoms with Crippen molar-refractivity contribution in [1.29, 1.82) is 0 Å². The van der Waals surface area contributed by atoms with E-state index in [1.54, 1.807) is 6.92 Å². The molecule has 3 heteroatoms. The maximum Gasteiger partial charge on any atom is 0.119 e. The quantitative estimate of drug-likeness (QED) is 0.699. The lowest BCUT2D eigenvalue weighted by molar-refractivity contribution is 0.198. The molecule has 0 aliphatic rings. The Balaban J connectivity index is 2.33. The van der Waals surface area contributed by atoms with Gasteiger partial charge in [-0.15, -0.1) is 0 Å². The van der Waals surface area contributed by atoms with Gasteiger partial charge >= 0.3 is 0 Å².